The van der Waals surface area contributed by atoms with Gasteiger partial charge in [0.2, 0.25) is 11.8 Å². The fraction of sp³-hybridized carbons (Fsp3) is 0.263. The number of carbonyl (C=O) groups is 2. The number of carbonyl (C=O) groups excluding carboxylic acids is 2. The number of benzene rings is 2. The minimum absolute atomic E-state index is 0.289. The van der Waals surface area contributed by atoms with Gasteiger partial charge in [-0.15, -0.1) is 0 Å². The van der Waals surface area contributed by atoms with Crippen LogP contribution in [-0.2, 0) is 16.0 Å². The zero-order valence-corrected chi connectivity index (χ0v) is 15.4. The molecule has 0 saturated heterocycles. The van der Waals surface area contributed by atoms with Crippen LogP contribution in [0.1, 0.15) is 19.4 Å². The molecule has 5 heteroatoms. The highest BCUT2D eigenvalue weighted by atomic mass is 79.9. The van der Waals surface area contributed by atoms with Crippen molar-refractivity contribution in [2.24, 2.45) is 5.41 Å². The van der Waals surface area contributed by atoms with Gasteiger partial charge >= 0.3 is 0 Å². The molecule has 0 spiro atoms. The predicted octanol–water partition coefficient (Wildman–Crippen LogP) is 3.77. The lowest BCUT2D eigenvalue weighted by atomic mass is 9.91. The van der Waals surface area contributed by atoms with Crippen LogP contribution in [0.3, 0.4) is 0 Å². The van der Waals surface area contributed by atoms with E-state index in [9.17, 15) is 9.59 Å². The fourth-order valence-corrected chi connectivity index (χ4v) is 2.51. The van der Waals surface area contributed by atoms with Crippen LogP contribution in [0.5, 0.6) is 0 Å². The van der Waals surface area contributed by atoms with Crippen LogP contribution in [0.4, 0.5) is 5.69 Å². The van der Waals surface area contributed by atoms with Gasteiger partial charge in [-0.2, -0.15) is 0 Å². The Kier molecular flexibility index (Phi) is 6.15. The Balaban J connectivity index is 1.91. The maximum Gasteiger partial charge on any atom is 0.239 e. The zero-order chi connectivity index (χ0) is 17.6. The summed E-state index contributed by atoms with van der Waals surface area (Å²) in [5.41, 5.74) is 0.632. The van der Waals surface area contributed by atoms with E-state index in [1.54, 1.807) is 19.9 Å². The van der Waals surface area contributed by atoms with Gasteiger partial charge in [0.05, 0.1) is 5.69 Å². The van der Waals surface area contributed by atoms with E-state index in [-0.39, 0.29) is 11.8 Å². The third-order valence-corrected chi connectivity index (χ3v) is 4.49. The van der Waals surface area contributed by atoms with Crippen LogP contribution in [0.25, 0.3) is 0 Å². The van der Waals surface area contributed by atoms with Crippen LogP contribution in [0.2, 0.25) is 0 Å². The molecular weight excluding hydrogens is 368 g/mol. The summed E-state index contributed by atoms with van der Waals surface area (Å²) in [7, 11) is 0. The lowest BCUT2D eigenvalue weighted by Gasteiger charge is -2.23. The number of rotatable bonds is 6. The van der Waals surface area contributed by atoms with Crippen LogP contribution in [0.15, 0.2) is 59.1 Å². The molecule has 2 rings (SSSR count). The topological polar surface area (TPSA) is 58.2 Å². The summed E-state index contributed by atoms with van der Waals surface area (Å²) in [6.45, 7) is 3.74. The van der Waals surface area contributed by atoms with E-state index in [0.29, 0.717) is 12.2 Å². The van der Waals surface area contributed by atoms with Gasteiger partial charge in [-0.05, 0) is 53.9 Å². The Morgan fingerprint density at radius 2 is 1.58 bits per heavy atom. The number of nitrogens with one attached hydrogen (secondary N) is 2. The molecule has 0 unspecified atom stereocenters. The molecule has 0 aromatic heterocycles. The van der Waals surface area contributed by atoms with E-state index in [1.807, 2.05) is 48.5 Å². The molecule has 0 fully saturated rings. The maximum absolute atomic E-state index is 12.5. The minimum atomic E-state index is -1.16. The van der Waals surface area contributed by atoms with E-state index in [2.05, 4.69) is 26.6 Å². The summed E-state index contributed by atoms with van der Waals surface area (Å²) < 4.78 is 0.777. The van der Waals surface area contributed by atoms with E-state index in [4.69, 9.17) is 0 Å². The molecule has 0 radical (unpaired) electrons. The van der Waals surface area contributed by atoms with E-state index < -0.39 is 5.41 Å². The number of hydrogen-bond acceptors (Lipinski definition) is 2. The second-order valence-electron chi connectivity index (χ2n) is 6.05. The van der Waals surface area contributed by atoms with Crippen LogP contribution in [-0.4, -0.2) is 18.4 Å². The summed E-state index contributed by atoms with van der Waals surface area (Å²) in [6.07, 6.45) is 0.731. The Bertz CT molecular complexity index is 714. The number of hydrogen-bond donors (Lipinski definition) is 2. The van der Waals surface area contributed by atoms with Crippen LogP contribution < -0.4 is 10.6 Å². The van der Waals surface area contributed by atoms with Gasteiger partial charge in [-0.25, -0.2) is 0 Å². The van der Waals surface area contributed by atoms with Crippen molar-refractivity contribution in [1.29, 1.82) is 0 Å². The molecule has 0 aliphatic carbocycles. The smallest absolute Gasteiger partial charge is 0.239 e. The van der Waals surface area contributed by atoms with Crippen molar-refractivity contribution in [1.82, 2.24) is 5.32 Å². The lowest BCUT2D eigenvalue weighted by molar-refractivity contribution is -0.138. The van der Waals surface area contributed by atoms with Crippen molar-refractivity contribution >= 4 is 33.4 Å². The molecule has 0 aliphatic heterocycles. The van der Waals surface area contributed by atoms with Gasteiger partial charge < -0.3 is 10.6 Å². The van der Waals surface area contributed by atoms with Gasteiger partial charge in [0.25, 0.3) is 0 Å². The zero-order valence-electron chi connectivity index (χ0n) is 13.8. The summed E-state index contributed by atoms with van der Waals surface area (Å²) in [6, 6.07) is 17.2. The molecule has 0 saturated carbocycles. The number of halogens is 1. The highest BCUT2D eigenvalue weighted by molar-refractivity contribution is 9.10. The molecule has 24 heavy (non-hydrogen) atoms. The first-order chi connectivity index (χ1) is 11.4. The minimum Gasteiger partial charge on any atom is -0.355 e. The molecule has 2 aromatic rings. The highest BCUT2D eigenvalue weighted by Crippen LogP contribution is 2.24. The molecule has 0 heterocycles. The largest absolute Gasteiger partial charge is 0.355 e. The summed E-state index contributed by atoms with van der Waals surface area (Å²) >= 11 is 3.38. The van der Waals surface area contributed by atoms with Crippen LogP contribution >= 0.6 is 15.9 Å². The standard InChI is InChI=1S/C19H21BrN2O2/c1-19(2,18(24)22-16-11-7-6-10-15(16)20)17(23)21-13-12-14-8-4-3-5-9-14/h3-11H,12-13H2,1-2H3,(H,21,23)(H,22,24). The Morgan fingerprint density at radius 1 is 0.958 bits per heavy atom. The molecule has 2 aromatic carbocycles. The summed E-state index contributed by atoms with van der Waals surface area (Å²) in [5, 5.41) is 5.63. The Hall–Kier alpha value is -2.14. The number of amides is 2. The first-order valence-electron chi connectivity index (χ1n) is 7.79. The molecule has 2 amide bonds. The van der Waals surface area contributed by atoms with E-state index in [1.165, 1.54) is 0 Å². The molecular formula is C19H21BrN2O2. The van der Waals surface area contributed by atoms with Gasteiger partial charge in [0, 0.05) is 11.0 Å². The number of anilines is 1. The average Bonchev–Trinajstić information content (AvgIpc) is 2.57. The van der Waals surface area contributed by atoms with E-state index >= 15 is 0 Å². The Morgan fingerprint density at radius 3 is 2.25 bits per heavy atom. The quantitative estimate of drug-likeness (QED) is 0.739. The molecule has 0 atom stereocenters. The summed E-state index contributed by atoms with van der Waals surface area (Å²) in [4.78, 5) is 24.9. The van der Waals surface area contributed by atoms with Crippen molar-refractivity contribution in [2.75, 3.05) is 11.9 Å². The lowest BCUT2D eigenvalue weighted by Crippen LogP contribution is -2.45. The second-order valence-corrected chi connectivity index (χ2v) is 6.90. The van der Waals surface area contributed by atoms with Gasteiger partial charge in [-0.1, -0.05) is 42.5 Å². The molecule has 126 valence electrons. The van der Waals surface area contributed by atoms with Crippen molar-refractivity contribution < 1.29 is 9.59 Å². The van der Waals surface area contributed by atoms with Gasteiger partial charge in [-0.3, -0.25) is 9.59 Å². The normalized spacial score (nSPS) is 11.0. The van der Waals surface area contributed by atoms with Crippen LogP contribution in [0, 0.1) is 5.41 Å². The fourth-order valence-electron chi connectivity index (χ4n) is 2.13. The highest BCUT2D eigenvalue weighted by Gasteiger charge is 2.36. The monoisotopic (exact) mass is 388 g/mol. The van der Waals surface area contributed by atoms with Gasteiger partial charge in [0.1, 0.15) is 5.41 Å². The second kappa shape index (κ2) is 8.11. The molecule has 4 nitrogen and oxygen atoms in total. The third-order valence-electron chi connectivity index (χ3n) is 3.80. The van der Waals surface area contributed by atoms with E-state index in [0.717, 1.165) is 16.5 Å². The van der Waals surface area contributed by atoms with Crippen molar-refractivity contribution in [3.05, 3.63) is 64.6 Å². The SMILES string of the molecule is CC(C)(C(=O)NCCc1ccccc1)C(=O)Nc1ccccc1Br. The Labute approximate surface area is 150 Å². The predicted molar refractivity (Wildman–Crippen MR) is 99.7 cm³/mol. The van der Waals surface area contributed by atoms with Crippen molar-refractivity contribution in [3.8, 4) is 0 Å². The number of para-hydroxylation sites is 1. The molecule has 2 N–H and O–H groups in total. The molecule has 0 aliphatic rings. The average molecular weight is 389 g/mol. The third kappa shape index (κ3) is 4.68. The van der Waals surface area contributed by atoms with Crippen molar-refractivity contribution in [2.45, 2.75) is 20.3 Å². The first-order valence-corrected chi connectivity index (χ1v) is 8.59. The maximum atomic E-state index is 12.5. The van der Waals surface area contributed by atoms with Gasteiger partial charge in [0.15, 0.2) is 0 Å². The molecule has 0 bridgehead atoms. The first kappa shape index (κ1) is 18.2. The van der Waals surface area contributed by atoms with Crippen molar-refractivity contribution in [3.63, 3.8) is 0 Å². The summed E-state index contributed by atoms with van der Waals surface area (Å²) in [5.74, 6) is -0.630.